The Kier molecular flexibility index (Phi) is 7.33. The molecule has 6 rings (SSSR count). The summed E-state index contributed by atoms with van der Waals surface area (Å²) in [6, 6.07) is 25.3. The van der Waals surface area contributed by atoms with Crippen LogP contribution >= 0.6 is 0 Å². The maximum Gasteiger partial charge on any atom is 0.258 e. The number of hydrogen-bond donors (Lipinski definition) is 0. The van der Waals surface area contributed by atoms with Gasteiger partial charge in [0.25, 0.3) is 5.91 Å². The number of anilines is 1. The number of likely N-dealkylation sites (tertiary alicyclic amines) is 1. The molecule has 1 saturated heterocycles. The summed E-state index contributed by atoms with van der Waals surface area (Å²) in [4.78, 5) is 18.8. The minimum atomic E-state index is -0.00548. The number of ether oxygens (including phenoxy) is 1. The summed E-state index contributed by atoms with van der Waals surface area (Å²) in [7, 11) is 3.53. The molecular formula is C32H37N5O2. The number of benzene rings is 3. The second-order valence-electron chi connectivity index (χ2n) is 10.9. The number of carbonyl (C=O) groups excluding carboxylic acids is 1. The van der Waals surface area contributed by atoms with E-state index in [4.69, 9.17) is 4.74 Å². The van der Waals surface area contributed by atoms with Crippen LogP contribution in [0, 0.1) is 0 Å². The van der Waals surface area contributed by atoms with Gasteiger partial charge >= 0.3 is 0 Å². The summed E-state index contributed by atoms with van der Waals surface area (Å²) < 4.78 is 7.25. The first-order valence-corrected chi connectivity index (χ1v) is 14.2. The molecule has 2 aliphatic rings. The number of carbonyl (C=O) groups is 1. The topological polar surface area (TPSA) is 63.5 Å². The van der Waals surface area contributed by atoms with Crippen LogP contribution < -0.4 is 9.64 Å². The SMILES string of the molecule is COc1cccc(N(C(=O)c2ccc3c(c2)nnn3C)C2CCN([C@@H]3CCCC[C@@H]3c3ccccc3)CC2)c1. The first-order valence-electron chi connectivity index (χ1n) is 14.2. The summed E-state index contributed by atoms with van der Waals surface area (Å²) in [6.45, 7) is 1.99. The standard InChI is InChI=1S/C32H37N5O2/c1-35-31-16-15-24(21-29(31)33-34-35)32(38)37(26-11-8-12-27(22-26)39-2)25-17-19-36(20-18-25)30-14-7-6-13-28(30)23-9-4-3-5-10-23/h3-5,8-12,15-16,21-22,25,28,30H,6-7,13-14,17-20H2,1-2H3/t28-,30-/m1/s1. The van der Waals surface area contributed by atoms with Crippen LogP contribution in [0.15, 0.2) is 72.8 Å². The summed E-state index contributed by atoms with van der Waals surface area (Å²) in [5.41, 5.74) is 4.61. The molecule has 2 fully saturated rings. The van der Waals surface area contributed by atoms with E-state index in [0.717, 1.165) is 48.4 Å². The molecule has 2 atom stereocenters. The number of fused-ring (bicyclic) bond motifs is 1. The van der Waals surface area contributed by atoms with Crippen LogP contribution in [0.1, 0.15) is 60.4 Å². The molecule has 1 saturated carbocycles. The lowest BCUT2D eigenvalue weighted by molar-refractivity contribution is 0.0895. The van der Waals surface area contributed by atoms with Gasteiger partial charge in [0.05, 0.1) is 12.6 Å². The number of amides is 1. The number of hydrogen-bond acceptors (Lipinski definition) is 5. The number of rotatable bonds is 6. The second-order valence-corrected chi connectivity index (χ2v) is 10.9. The third-order valence-electron chi connectivity index (χ3n) is 8.70. The minimum Gasteiger partial charge on any atom is -0.497 e. The molecule has 7 nitrogen and oxygen atoms in total. The Morgan fingerprint density at radius 2 is 1.72 bits per heavy atom. The first kappa shape index (κ1) is 25.6. The lowest BCUT2D eigenvalue weighted by Gasteiger charge is -2.45. The Hall–Kier alpha value is -3.71. The highest BCUT2D eigenvalue weighted by molar-refractivity contribution is 6.08. The number of aromatic nitrogens is 3. The van der Waals surface area contributed by atoms with Crippen LogP contribution in [0.5, 0.6) is 5.75 Å². The molecule has 39 heavy (non-hydrogen) atoms. The maximum atomic E-state index is 14.1. The van der Waals surface area contributed by atoms with E-state index < -0.39 is 0 Å². The van der Waals surface area contributed by atoms with Crippen molar-refractivity contribution in [1.82, 2.24) is 19.9 Å². The van der Waals surface area contributed by atoms with Crippen LogP contribution in [0.25, 0.3) is 11.0 Å². The van der Waals surface area contributed by atoms with Gasteiger partial charge in [-0.3, -0.25) is 9.69 Å². The van der Waals surface area contributed by atoms with Gasteiger partial charge in [0.2, 0.25) is 0 Å². The molecule has 3 aromatic carbocycles. The largest absolute Gasteiger partial charge is 0.497 e. The number of aryl methyl sites for hydroxylation is 1. The molecule has 1 aliphatic carbocycles. The fraction of sp³-hybridized carbons (Fsp3) is 0.406. The molecule has 0 radical (unpaired) electrons. The van der Waals surface area contributed by atoms with Crippen LogP contribution in [0.2, 0.25) is 0 Å². The monoisotopic (exact) mass is 523 g/mol. The molecule has 7 heteroatoms. The summed E-state index contributed by atoms with van der Waals surface area (Å²) in [6.07, 6.45) is 6.99. The van der Waals surface area contributed by atoms with Crippen molar-refractivity contribution in [2.24, 2.45) is 7.05 Å². The van der Waals surface area contributed by atoms with Crippen molar-refractivity contribution in [3.63, 3.8) is 0 Å². The fourth-order valence-corrected chi connectivity index (χ4v) is 6.68. The predicted molar refractivity (Wildman–Crippen MR) is 154 cm³/mol. The predicted octanol–water partition coefficient (Wildman–Crippen LogP) is 5.81. The quantitative estimate of drug-likeness (QED) is 0.319. The van der Waals surface area contributed by atoms with Gasteiger partial charge in [-0.1, -0.05) is 54.5 Å². The molecule has 2 heterocycles. The molecule has 1 aromatic heterocycles. The lowest BCUT2D eigenvalue weighted by Crippen LogP contribution is -2.51. The fourth-order valence-electron chi connectivity index (χ4n) is 6.68. The van der Waals surface area contributed by atoms with Crippen molar-refractivity contribution >= 4 is 22.6 Å². The Bertz CT molecular complexity index is 1430. The third-order valence-corrected chi connectivity index (χ3v) is 8.70. The molecule has 0 spiro atoms. The number of nitrogens with zero attached hydrogens (tertiary/aromatic N) is 5. The van der Waals surface area contributed by atoms with Gasteiger partial charge in [0.15, 0.2) is 0 Å². The van der Waals surface area contributed by atoms with Gasteiger partial charge in [-0.05, 0) is 67.5 Å². The molecular weight excluding hydrogens is 486 g/mol. The van der Waals surface area contributed by atoms with Crippen LogP contribution in [0.3, 0.4) is 0 Å². The summed E-state index contributed by atoms with van der Waals surface area (Å²) >= 11 is 0. The number of piperidine rings is 1. The minimum absolute atomic E-state index is 0.00548. The third kappa shape index (κ3) is 5.15. The Morgan fingerprint density at radius 1 is 0.923 bits per heavy atom. The van der Waals surface area contributed by atoms with E-state index in [1.807, 2.05) is 54.4 Å². The van der Waals surface area contributed by atoms with Crippen molar-refractivity contribution in [2.75, 3.05) is 25.1 Å². The van der Waals surface area contributed by atoms with Gasteiger partial charge in [-0.15, -0.1) is 5.10 Å². The first-order chi connectivity index (χ1) is 19.1. The highest BCUT2D eigenvalue weighted by atomic mass is 16.5. The smallest absolute Gasteiger partial charge is 0.258 e. The normalized spacial score (nSPS) is 20.7. The highest BCUT2D eigenvalue weighted by Crippen LogP contribution is 2.38. The molecule has 4 aromatic rings. The highest BCUT2D eigenvalue weighted by Gasteiger charge is 2.36. The van der Waals surface area contributed by atoms with Crippen LogP contribution in [-0.2, 0) is 7.05 Å². The van der Waals surface area contributed by atoms with E-state index in [-0.39, 0.29) is 11.9 Å². The van der Waals surface area contributed by atoms with Crippen molar-refractivity contribution < 1.29 is 9.53 Å². The second kappa shape index (κ2) is 11.2. The van der Waals surface area contributed by atoms with Crippen LogP contribution in [-0.4, -0.2) is 58.1 Å². The Balaban J connectivity index is 1.25. The van der Waals surface area contributed by atoms with Gasteiger partial charge in [0, 0.05) is 49.5 Å². The lowest BCUT2D eigenvalue weighted by atomic mass is 9.78. The van der Waals surface area contributed by atoms with E-state index in [1.165, 1.54) is 31.2 Å². The Labute approximate surface area is 230 Å². The molecule has 202 valence electrons. The van der Waals surface area contributed by atoms with Gasteiger partial charge in [-0.25, -0.2) is 4.68 Å². The van der Waals surface area contributed by atoms with E-state index in [2.05, 4.69) is 45.5 Å². The van der Waals surface area contributed by atoms with Crippen LogP contribution in [0.4, 0.5) is 5.69 Å². The van der Waals surface area contributed by atoms with E-state index >= 15 is 0 Å². The van der Waals surface area contributed by atoms with Gasteiger partial charge < -0.3 is 9.64 Å². The zero-order chi connectivity index (χ0) is 26.8. The van der Waals surface area contributed by atoms with Crippen molar-refractivity contribution in [3.05, 3.63) is 83.9 Å². The van der Waals surface area contributed by atoms with Gasteiger partial charge in [-0.2, -0.15) is 0 Å². The van der Waals surface area contributed by atoms with Crippen molar-refractivity contribution in [2.45, 2.75) is 56.5 Å². The molecule has 0 bridgehead atoms. The average molecular weight is 524 g/mol. The maximum absolute atomic E-state index is 14.1. The van der Waals surface area contributed by atoms with Gasteiger partial charge in [0.1, 0.15) is 11.3 Å². The molecule has 1 amide bonds. The molecule has 0 N–H and O–H groups in total. The van der Waals surface area contributed by atoms with Crippen molar-refractivity contribution in [1.29, 1.82) is 0 Å². The van der Waals surface area contributed by atoms with E-state index in [0.29, 0.717) is 17.5 Å². The van der Waals surface area contributed by atoms with E-state index in [9.17, 15) is 4.79 Å². The zero-order valence-corrected chi connectivity index (χ0v) is 22.9. The average Bonchev–Trinajstić information content (AvgIpc) is 3.38. The summed E-state index contributed by atoms with van der Waals surface area (Å²) in [5.74, 6) is 1.33. The number of methoxy groups -OCH3 is 1. The molecule has 1 aliphatic heterocycles. The summed E-state index contributed by atoms with van der Waals surface area (Å²) in [5, 5.41) is 8.35. The molecule has 0 unspecified atom stereocenters. The van der Waals surface area contributed by atoms with E-state index in [1.54, 1.807) is 11.8 Å². The van der Waals surface area contributed by atoms with Crippen molar-refractivity contribution in [3.8, 4) is 5.75 Å². The Morgan fingerprint density at radius 3 is 2.51 bits per heavy atom. The zero-order valence-electron chi connectivity index (χ0n) is 22.9.